The number of aryl methyl sites for hydroxylation is 1. The quantitative estimate of drug-likeness (QED) is 0.764. The van der Waals surface area contributed by atoms with Gasteiger partial charge in [-0.15, -0.1) is 0 Å². The first-order valence-electron chi connectivity index (χ1n) is 9.03. The Bertz CT molecular complexity index is 913. The fourth-order valence-corrected chi connectivity index (χ4v) is 3.49. The summed E-state index contributed by atoms with van der Waals surface area (Å²) in [6.45, 7) is 2.94. The first kappa shape index (κ1) is 17.4. The van der Waals surface area contributed by atoms with E-state index >= 15 is 0 Å². The van der Waals surface area contributed by atoms with Gasteiger partial charge in [0.1, 0.15) is 0 Å². The molecule has 0 aliphatic carbocycles. The molecule has 0 radical (unpaired) electrons. The number of carbonyl (C=O) groups excluding carboxylic acids is 1. The molecule has 0 spiro atoms. The van der Waals surface area contributed by atoms with Gasteiger partial charge in [0.25, 0.3) is 5.89 Å². The zero-order valence-electron chi connectivity index (χ0n) is 15.1. The van der Waals surface area contributed by atoms with Crippen molar-refractivity contribution in [2.75, 3.05) is 18.5 Å². The second-order valence-corrected chi connectivity index (χ2v) is 6.74. The van der Waals surface area contributed by atoms with Gasteiger partial charge in [-0.25, -0.2) is 0 Å². The number of nitrogens with zero attached hydrogens (tertiary/aromatic N) is 2. The van der Waals surface area contributed by atoms with Crippen LogP contribution in [-0.4, -0.2) is 29.3 Å². The van der Waals surface area contributed by atoms with Crippen LogP contribution in [0.1, 0.15) is 24.2 Å². The second-order valence-electron chi connectivity index (χ2n) is 6.74. The molecular formula is C21H21N3O3. The number of nitrogens with one attached hydrogen (secondary N) is 1. The molecule has 1 saturated heterocycles. The van der Waals surface area contributed by atoms with E-state index in [1.807, 2.05) is 54.6 Å². The molecule has 138 valence electrons. The molecule has 1 fully saturated rings. The summed E-state index contributed by atoms with van der Waals surface area (Å²) in [5.41, 5.74) is 2.02. The van der Waals surface area contributed by atoms with Crippen molar-refractivity contribution in [3.8, 4) is 11.5 Å². The van der Waals surface area contributed by atoms with Crippen molar-refractivity contribution in [3.63, 3.8) is 0 Å². The van der Waals surface area contributed by atoms with Crippen LogP contribution in [0.4, 0.5) is 5.69 Å². The van der Waals surface area contributed by atoms with E-state index in [2.05, 4.69) is 15.5 Å². The van der Waals surface area contributed by atoms with Crippen LogP contribution in [0, 0.1) is 6.92 Å². The van der Waals surface area contributed by atoms with Gasteiger partial charge in [-0.1, -0.05) is 35.5 Å². The number of hydrogen-bond acceptors (Lipinski definition) is 5. The smallest absolute Gasteiger partial charge is 0.257 e. The Morgan fingerprint density at radius 3 is 2.37 bits per heavy atom. The summed E-state index contributed by atoms with van der Waals surface area (Å²) in [5, 5.41) is 6.87. The molecule has 3 aromatic rings. The van der Waals surface area contributed by atoms with Crippen molar-refractivity contribution in [3.05, 3.63) is 66.0 Å². The standard InChI is InChI=1S/C21H21N3O3/c1-15-22-19(27-24-15)16-7-9-18(10-8-16)23-20(25)21(11-13-26-14-12-21)17-5-3-2-4-6-17/h2-10H,11-14H2,1H3,(H,23,25). The number of benzene rings is 2. The van der Waals surface area contributed by atoms with Crippen LogP contribution in [-0.2, 0) is 14.9 Å². The molecule has 4 rings (SSSR count). The van der Waals surface area contributed by atoms with Crippen molar-refractivity contribution in [1.29, 1.82) is 0 Å². The van der Waals surface area contributed by atoms with Crippen molar-refractivity contribution >= 4 is 11.6 Å². The van der Waals surface area contributed by atoms with Crippen LogP contribution in [0.2, 0.25) is 0 Å². The Labute approximate surface area is 157 Å². The Morgan fingerprint density at radius 1 is 1.04 bits per heavy atom. The SMILES string of the molecule is Cc1noc(-c2ccc(NC(=O)C3(c4ccccc4)CCOCC3)cc2)n1. The number of aromatic nitrogens is 2. The molecule has 27 heavy (non-hydrogen) atoms. The van der Waals surface area contributed by atoms with Gasteiger partial charge in [-0.05, 0) is 49.6 Å². The number of rotatable bonds is 4. The highest BCUT2D eigenvalue weighted by Gasteiger charge is 2.41. The molecule has 1 amide bonds. The summed E-state index contributed by atoms with van der Waals surface area (Å²) in [4.78, 5) is 17.5. The minimum Gasteiger partial charge on any atom is -0.381 e. The average molecular weight is 363 g/mol. The molecule has 1 aromatic heterocycles. The van der Waals surface area contributed by atoms with Gasteiger partial charge in [0.2, 0.25) is 5.91 Å². The number of amides is 1. The Hall–Kier alpha value is -2.99. The molecule has 6 nitrogen and oxygen atoms in total. The van der Waals surface area contributed by atoms with E-state index in [4.69, 9.17) is 9.26 Å². The Kier molecular flexibility index (Phi) is 4.73. The van der Waals surface area contributed by atoms with Crippen molar-refractivity contribution in [1.82, 2.24) is 10.1 Å². The van der Waals surface area contributed by atoms with Gasteiger partial charge in [0.15, 0.2) is 5.82 Å². The molecule has 0 bridgehead atoms. The van der Waals surface area contributed by atoms with Crippen molar-refractivity contribution in [2.45, 2.75) is 25.2 Å². The van der Waals surface area contributed by atoms with Gasteiger partial charge in [-0.2, -0.15) is 4.98 Å². The first-order valence-corrected chi connectivity index (χ1v) is 9.03. The predicted molar refractivity (Wildman–Crippen MR) is 101 cm³/mol. The molecule has 6 heteroatoms. The zero-order valence-corrected chi connectivity index (χ0v) is 15.1. The van der Waals surface area contributed by atoms with E-state index in [1.165, 1.54) is 0 Å². The Balaban J connectivity index is 1.56. The van der Waals surface area contributed by atoms with Crippen LogP contribution in [0.3, 0.4) is 0 Å². The summed E-state index contributed by atoms with van der Waals surface area (Å²) in [6, 6.07) is 17.4. The lowest BCUT2D eigenvalue weighted by molar-refractivity contribution is -0.125. The normalized spacial score (nSPS) is 16.0. The van der Waals surface area contributed by atoms with Crippen LogP contribution in [0.15, 0.2) is 59.1 Å². The van der Waals surface area contributed by atoms with Gasteiger partial charge in [0.05, 0.1) is 5.41 Å². The molecule has 2 heterocycles. The van der Waals surface area contributed by atoms with Crippen LogP contribution in [0.25, 0.3) is 11.5 Å². The van der Waals surface area contributed by atoms with E-state index < -0.39 is 5.41 Å². The minimum atomic E-state index is -0.568. The maximum atomic E-state index is 13.2. The van der Waals surface area contributed by atoms with E-state index in [9.17, 15) is 4.79 Å². The van der Waals surface area contributed by atoms with Crippen molar-refractivity contribution in [2.24, 2.45) is 0 Å². The van der Waals surface area contributed by atoms with E-state index in [-0.39, 0.29) is 5.91 Å². The summed E-state index contributed by atoms with van der Waals surface area (Å²) in [7, 11) is 0. The monoisotopic (exact) mass is 363 g/mol. The first-order chi connectivity index (χ1) is 13.2. The summed E-state index contributed by atoms with van der Waals surface area (Å²) < 4.78 is 10.7. The third-order valence-corrected chi connectivity index (χ3v) is 5.02. The maximum absolute atomic E-state index is 13.2. The molecule has 2 aromatic carbocycles. The predicted octanol–water partition coefficient (Wildman–Crippen LogP) is 3.73. The minimum absolute atomic E-state index is 0.00150. The molecule has 1 aliphatic rings. The summed E-state index contributed by atoms with van der Waals surface area (Å²) >= 11 is 0. The highest BCUT2D eigenvalue weighted by molar-refractivity contribution is 5.99. The Morgan fingerprint density at radius 2 is 1.74 bits per heavy atom. The molecular weight excluding hydrogens is 342 g/mol. The molecule has 1 N–H and O–H groups in total. The van der Waals surface area contributed by atoms with E-state index in [0.29, 0.717) is 37.8 Å². The molecule has 0 unspecified atom stereocenters. The zero-order chi connectivity index (χ0) is 18.7. The van der Waals surface area contributed by atoms with Gasteiger partial charge in [-0.3, -0.25) is 4.79 Å². The third-order valence-electron chi connectivity index (χ3n) is 5.02. The van der Waals surface area contributed by atoms with Gasteiger partial charge < -0.3 is 14.6 Å². The van der Waals surface area contributed by atoms with Crippen molar-refractivity contribution < 1.29 is 14.1 Å². The van der Waals surface area contributed by atoms with Crippen LogP contribution >= 0.6 is 0 Å². The maximum Gasteiger partial charge on any atom is 0.257 e. The number of hydrogen-bond donors (Lipinski definition) is 1. The lowest BCUT2D eigenvalue weighted by Gasteiger charge is -2.36. The summed E-state index contributed by atoms with van der Waals surface area (Å²) in [6.07, 6.45) is 1.34. The fraction of sp³-hybridized carbons (Fsp3) is 0.286. The summed E-state index contributed by atoms with van der Waals surface area (Å²) in [5.74, 6) is 1.06. The lowest BCUT2D eigenvalue weighted by atomic mass is 9.73. The largest absolute Gasteiger partial charge is 0.381 e. The molecule has 1 aliphatic heterocycles. The number of anilines is 1. The fourth-order valence-electron chi connectivity index (χ4n) is 3.49. The highest BCUT2D eigenvalue weighted by Crippen LogP contribution is 2.36. The van der Waals surface area contributed by atoms with Gasteiger partial charge in [0, 0.05) is 24.5 Å². The van der Waals surface area contributed by atoms with Crippen LogP contribution < -0.4 is 5.32 Å². The van der Waals surface area contributed by atoms with E-state index in [0.717, 1.165) is 16.8 Å². The lowest BCUT2D eigenvalue weighted by Crippen LogP contribution is -2.44. The van der Waals surface area contributed by atoms with Gasteiger partial charge >= 0.3 is 0 Å². The van der Waals surface area contributed by atoms with E-state index in [1.54, 1.807) is 6.92 Å². The molecule has 0 saturated carbocycles. The molecule has 0 atom stereocenters. The highest BCUT2D eigenvalue weighted by atomic mass is 16.5. The van der Waals surface area contributed by atoms with Crippen LogP contribution in [0.5, 0.6) is 0 Å². The second kappa shape index (κ2) is 7.32. The number of carbonyl (C=O) groups is 1. The topological polar surface area (TPSA) is 77.2 Å². The average Bonchev–Trinajstić information content (AvgIpc) is 3.16. The third kappa shape index (κ3) is 3.48. The number of ether oxygens (including phenoxy) is 1.